The Morgan fingerprint density at radius 2 is 1.97 bits per heavy atom. The number of nitrogens with one attached hydrogen (secondary N) is 2. The van der Waals surface area contributed by atoms with Crippen LogP contribution in [0.15, 0.2) is 48.5 Å². The highest BCUT2D eigenvalue weighted by atomic mass is 35.5. The Hall–Kier alpha value is -3.21. The van der Waals surface area contributed by atoms with Gasteiger partial charge in [-0.15, -0.1) is 0 Å². The summed E-state index contributed by atoms with van der Waals surface area (Å²) in [6, 6.07) is 15.4. The van der Waals surface area contributed by atoms with E-state index in [2.05, 4.69) is 15.3 Å². The lowest BCUT2D eigenvalue weighted by atomic mass is 9.81. The van der Waals surface area contributed by atoms with Gasteiger partial charge in [0.2, 0.25) is 5.91 Å². The van der Waals surface area contributed by atoms with E-state index in [1.807, 2.05) is 36.4 Å². The van der Waals surface area contributed by atoms with Crippen LogP contribution in [0.25, 0.3) is 11.3 Å². The van der Waals surface area contributed by atoms with E-state index in [-0.39, 0.29) is 22.5 Å². The maximum absolute atomic E-state index is 14.2. The standard InChI is InChI=1S/C26H27ClFN5O/c27-24-23(19-10-11-20(15-30)21(28)13-19)32-25(33-24)22(12-16-4-2-1-3-5-16)31-26(34)18-8-6-17(14-29)7-9-18/h1-5,10-11,13,17-18,22H,6-9,12,14,29H2,(H,31,34)(H,32,33)/t17?,18?,22-/m0/s1. The summed E-state index contributed by atoms with van der Waals surface area (Å²) >= 11 is 6.44. The zero-order valence-electron chi connectivity index (χ0n) is 18.7. The Morgan fingerprint density at radius 1 is 1.24 bits per heavy atom. The number of rotatable bonds is 7. The van der Waals surface area contributed by atoms with Crippen molar-refractivity contribution < 1.29 is 9.18 Å². The molecule has 0 unspecified atom stereocenters. The molecule has 0 spiro atoms. The molecule has 1 aliphatic carbocycles. The van der Waals surface area contributed by atoms with Gasteiger partial charge in [0, 0.05) is 11.5 Å². The molecule has 2 aromatic carbocycles. The number of H-pyrrole nitrogens is 1. The highest BCUT2D eigenvalue weighted by Gasteiger charge is 2.29. The first-order valence-electron chi connectivity index (χ1n) is 11.5. The maximum atomic E-state index is 14.2. The average Bonchev–Trinajstić information content (AvgIpc) is 3.25. The number of halogens is 2. The van der Waals surface area contributed by atoms with Gasteiger partial charge in [-0.05, 0) is 62.3 Å². The van der Waals surface area contributed by atoms with Crippen LogP contribution in [-0.4, -0.2) is 22.4 Å². The van der Waals surface area contributed by atoms with Crippen LogP contribution < -0.4 is 11.1 Å². The number of aromatic nitrogens is 2. The van der Waals surface area contributed by atoms with E-state index < -0.39 is 11.9 Å². The Labute approximate surface area is 203 Å². The highest BCUT2D eigenvalue weighted by molar-refractivity contribution is 6.31. The van der Waals surface area contributed by atoms with E-state index in [0.717, 1.165) is 31.2 Å². The number of aromatic amines is 1. The molecule has 0 aliphatic heterocycles. The fraction of sp³-hybridized carbons (Fsp3) is 0.346. The Balaban J connectivity index is 1.59. The molecule has 4 rings (SSSR count). The first kappa shape index (κ1) is 23.9. The molecule has 1 fully saturated rings. The molecular formula is C26H27ClFN5O. The van der Waals surface area contributed by atoms with Crippen molar-refractivity contribution in [3.05, 3.63) is 76.5 Å². The van der Waals surface area contributed by atoms with Crippen molar-refractivity contribution in [3.63, 3.8) is 0 Å². The third-order valence-electron chi connectivity index (χ3n) is 6.52. The number of hydrogen-bond donors (Lipinski definition) is 3. The summed E-state index contributed by atoms with van der Waals surface area (Å²) in [5, 5.41) is 12.4. The molecule has 1 heterocycles. The summed E-state index contributed by atoms with van der Waals surface area (Å²) in [6.07, 6.45) is 4.08. The van der Waals surface area contributed by atoms with Gasteiger partial charge < -0.3 is 16.0 Å². The second-order valence-corrected chi connectivity index (χ2v) is 9.17. The molecule has 176 valence electrons. The summed E-state index contributed by atoms with van der Waals surface area (Å²) in [6.45, 7) is 0.661. The van der Waals surface area contributed by atoms with E-state index in [1.165, 1.54) is 12.1 Å². The lowest BCUT2D eigenvalue weighted by Gasteiger charge is -2.28. The van der Waals surface area contributed by atoms with Crippen LogP contribution >= 0.6 is 11.6 Å². The molecule has 0 bridgehead atoms. The van der Waals surface area contributed by atoms with Gasteiger partial charge in [0.1, 0.15) is 28.6 Å². The lowest BCUT2D eigenvalue weighted by Crippen LogP contribution is -2.37. The Kier molecular flexibility index (Phi) is 7.61. The molecule has 8 heteroatoms. The van der Waals surface area contributed by atoms with Gasteiger partial charge in [0.15, 0.2) is 0 Å². The van der Waals surface area contributed by atoms with Crippen LogP contribution in [-0.2, 0) is 11.2 Å². The van der Waals surface area contributed by atoms with Crippen LogP contribution in [0.1, 0.15) is 48.7 Å². The van der Waals surface area contributed by atoms with Crippen molar-refractivity contribution in [2.75, 3.05) is 6.54 Å². The SMILES string of the molecule is N#Cc1ccc(-c2nc([C@H](Cc3ccccc3)NC(=O)C3CCC(CN)CC3)[nH]c2Cl)cc1F. The van der Waals surface area contributed by atoms with Gasteiger partial charge in [0.25, 0.3) is 0 Å². The quantitative estimate of drug-likeness (QED) is 0.447. The molecule has 3 aromatic rings. The normalized spacial score (nSPS) is 18.8. The largest absolute Gasteiger partial charge is 0.346 e. The zero-order chi connectivity index (χ0) is 24.1. The predicted molar refractivity (Wildman–Crippen MR) is 129 cm³/mol. The van der Waals surface area contributed by atoms with Gasteiger partial charge in [-0.3, -0.25) is 4.79 Å². The van der Waals surface area contributed by atoms with Crippen LogP contribution in [0.4, 0.5) is 4.39 Å². The summed E-state index contributed by atoms with van der Waals surface area (Å²) in [4.78, 5) is 20.8. The topological polar surface area (TPSA) is 108 Å². The molecule has 1 saturated carbocycles. The number of nitrogens with two attached hydrogens (primary N) is 1. The summed E-state index contributed by atoms with van der Waals surface area (Å²) < 4.78 is 14.2. The van der Waals surface area contributed by atoms with Gasteiger partial charge in [0.05, 0.1) is 11.6 Å². The number of nitrogens with zero attached hydrogens (tertiary/aromatic N) is 2. The minimum absolute atomic E-state index is 0.00473. The first-order chi connectivity index (χ1) is 16.5. The second kappa shape index (κ2) is 10.8. The number of amides is 1. The van der Waals surface area contributed by atoms with Gasteiger partial charge >= 0.3 is 0 Å². The van der Waals surface area contributed by atoms with E-state index in [4.69, 9.17) is 22.6 Å². The number of hydrogen-bond acceptors (Lipinski definition) is 4. The molecule has 0 radical (unpaired) electrons. The summed E-state index contributed by atoms with van der Waals surface area (Å²) in [5.74, 6) is 0.289. The smallest absolute Gasteiger partial charge is 0.223 e. The predicted octanol–water partition coefficient (Wildman–Crippen LogP) is 4.91. The molecule has 6 nitrogen and oxygen atoms in total. The Bertz CT molecular complexity index is 1180. The number of imidazole rings is 1. The van der Waals surface area contributed by atoms with E-state index >= 15 is 0 Å². The molecule has 1 amide bonds. The number of nitriles is 1. The van der Waals surface area contributed by atoms with Crippen molar-refractivity contribution in [2.24, 2.45) is 17.6 Å². The number of carbonyl (C=O) groups is 1. The maximum Gasteiger partial charge on any atom is 0.223 e. The molecule has 1 aromatic heterocycles. The van der Waals surface area contributed by atoms with Crippen molar-refractivity contribution in [3.8, 4) is 17.3 Å². The third-order valence-corrected chi connectivity index (χ3v) is 6.79. The Morgan fingerprint density at radius 3 is 2.62 bits per heavy atom. The highest BCUT2D eigenvalue weighted by Crippen LogP contribution is 2.31. The van der Waals surface area contributed by atoms with Crippen LogP contribution in [0.5, 0.6) is 0 Å². The molecule has 4 N–H and O–H groups in total. The average molecular weight is 480 g/mol. The molecule has 1 atom stereocenters. The van der Waals surface area contributed by atoms with Crippen LogP contribution in [0.3, 0.4) is 0 Å². The molecule has 34 heavy (non-hydrogen) atoms. The van der Waals surface area contributed by atoms with Gasteiger partial charge in [-0.2, -0.15) is 5.26 Å². The first-order valence-corrected chi connectivity index (χ1v) is 11.9. The van der Waals surface area contributed by atoms with Crippen molar-refractivity contribution >= 4 is 17.5 Å². The van der Waals surface area contributed by atoms with Crippen LogP contribution in [0.2, 0.25) is 5.15 Å². The number of benzene rings is 2. The van der Waals surface area contributed by atoms with Crippen molar-refractivity contribution in [2.45, 2.75) is 38.1 Å². The second-order valence-electron chi connectivity index (χ2n) is 8.80. The van der Waals surface area contributed by atoms with E-state index in [0.29, 0.717) is 36.0 Å². The van der Waals surface area contributed by atoms with Crippen LogP contribution in [0, 0.1) is 29.0 Å². The fourth-order valence-corrected chi connectivity index (χ4v) is 4.74. The molecule has 1 aliphatic rings. The molecule has 0 saturated heterocycles. The van der Waals surface area contributed by atoms with E-state index in [1.54, 1.807) is 6.07 Å². The monoisotopic (exact) mass is 479 g/mol. The third kappa shape index (κ3) is 5.46. The zero-order valence-corrected chi connectivity index (χ0v) is 19.5. The van der Waals surface area contributed by atoms with Crippen molar-refractivity contribution in [1.82, 2.24) is 15.3 Å². The fourth-order valence-electron chi connectivity index (χ4n) is 4.49. The van der Waals surface area contributed by atoms with E-state index in [9.17, 15) is 9.18 Å². The summed E-state index contributed by atoms with van der Waals surface area (Å²) in [5.41, 5.74) is 7.61. The van der Waals surface area contributed by atoms with Crippen molar-refractivity contribution in [1.29, 1.82) is 5.26 Å². The molecular weight excluding hydrogens is 453 g/mol. The van der Waals surface area contributed by atoms with Gasteiger partial charge in [-0.25, -0.2) is 9.37 Å². The van der Waals surface area contributed by atoms with Gasteiger partial charge in [-0.1, -0.05) is 48.0 Å². The number of carbonyl (C=O) groups excluding carboxylic acids is 1. The minimum Gasteiger partial charge on any atom is -0.346 e. The minimum atomic E-state index is -0.636. The lowest BCUT2D eigenvalue weighted by molar-refractivity contribution is -0.127. The summed E-state index contributed by atoms with van der Waals surface area (Å²) in [7, 11) is 0.